The van der Waals surface area contributed by atoms with Crippen molar-refractivity contribution in [3.05, 3.63) is 45.8 Å². The molecule has 7 heteroatoms. The summed E-state index contributed by atoms with van der Waals surface area (Å²) in [6.07, 6.45) is 7.76. The average Bonchev–Trinajstić information content (AvgIpc) is 3.10. The maximum atomic E-state index is 11.0. The van der Waals surface area contributed by atoms with Crippen molar-refractivity contribution in [2.24, 2.45) is 17.8 Å². The fourth-order valence-electron chi connectivity index (χ4n) is 5.95. The highest BCUT2D eigenvalue weighted by Gasteiger charge is 2.54. The first-order valence-electron chi connectivity index (χ1n) is 9.76. The summed E-state index contributed by atoms with van der Waals surface area (Å²) in [6.45, 7) is 2.01. The van der Waals surface area contributed by atoms with Gasteiger partial charge in [-0.3, -0.25) is 10.1 Å². The molecule has 2 aromatic rings. The van der Waals surface area contributed by atoms with Gasteiger partial charge in [0.1, 0.15) is 0 Å². The summed E-state index contributed by atoms with van der Waals surface area (Å²) < 4.78 is 6.15. The van der Waals surface area contributed by atoms with Crippen LogP contribution in [-0.2, 0) is 5.41 Å². The summed E-state index contributed by atoms with van der Waals surface area (Å²) in [5.41, 5.74) is 1.11. The van der Waals surface area contributed by atoms with Gasteiger partial charge in [-0.25, -0.2) is 0 Å². The molecule has 4 aliphatic rings. The molecule has 6 rings (SSSR count). The predicted molar refractivity (Wildman–Crippen MR) is 102 cm³/mol. The summed E-state index contributed by atoms with van der Waals surface area (Å²) in [5.74, 6) is 3.34. The Balaban J connectivity index is 1.34. The number of aromatic nitrogens is 2. The Hall–Kier alpha value is -1.89. The minimum absolute atomic E-state index is 0.00885. The van der Waals surface area contributed by atoms with Crippen LogP contribution in [0, 0.1) is 27.9 Å². The second-order valence-electron chi connectivity index (χ2n) is 8.68. The van der Waals surface area contributed by atoms with Crippen molar-refractivity contribution in [1.29, 1.82) is 0 Å². The Labute approximate surface area is 162 Å². The lowest BCUT2D eigenvalue weighted by atomic mass is 9.49. The fourth-order valence-corrected chi connectivity index (χ4v) is 6.75. The van der Waals surface area contributed by atoms with Gasteiger partial charge in [0.25, 0.3) is 10.9 Å². The first-order valence-corrected chi connectivity index (χ1v) is 10.6. The van der Waals surface area contributed by atoms with E-state index in [1.807, 2.05) is 13.0 Å². The van der Waals surface area contributed by atoms with Crippen LogP contribution in [-0.4, -0.2) is 15.1 Å². The predicted octanol–water partition coefficient (Wildman–Crippen LogP) is 5.30. The summed E-state index contributed by atoms with van der Waals surface area (Å²) in [4.78, 5) is 10.6. The zero-order valence-electron chi connectivity index (χ0n) is 15.3. The van der Waals surface area contributed by atoms with Crippen LogP contribution in [0.2, 0.25) is 0 Å². The van der Waals surface area contributed by atoms with E-state index < -0.39 is 0 Å². The van der Waals surface area contributed by atoms with E-state index in [2.05, 4.69) is 10.2 Å². The van der Waals surface area contributed by atoms with Crippen LogP contribution >= 0.6 is 11.8 Å². The number of nitro benzene ring substituents is 1. The van der Waals surface area contributed by atoms with Gasteiger partial charge in [0.15, 0.2) is 0 Å². The van der Waals surface area contributed by atoms with Crippen LogP contribution in [0.3, 0.4) is 0 Å². The van der Waals surface area contributed by atoms with Gasteiger partial charge in [0.2, 0.25) is 5.89 Å². The Morgan fingerprint density at radius 3 is 2.48 bits per heavy atom. The summed E-state index contributed by atoms with van der Waals surface area (Å²) in [6, 6.07) is 6.76. The van der Waals surface area contributed by atoms with Crippen molar-refractivity contribution >= 4 is 17.4 Å². The van der Waals surface area contributed by atoms with E-state index in [1.54, 1.807) is 12.1 Å². The molecule has 27 heavy (non-hydrogen) atoms. The van der Waals surface area contributed by atoms with Gasteiger partial charge in [-0.1, -0.05) is 23.9 Å². The molecular weight excluding hydrogens is 362 g/mol. The summed E-state index contributed by atoms with van der Waals surface area (Å²) in [7, 11) is 0. The van der Waals surface area contributed by atoms with Crippen LogP contribution in [0.25, 0.3) is 0 Å². The Kier molecular flexibility index (Phi) is 4.04. The van der Waals surface area contributed by atoms with Gasteiger partial charge in [-0.2, -0.15) is 0 Å². The number of hydrogen-bond acceptors (Lipinski definition) is 6. The molecule has 4 saturated carbocycles. The molecule has 1 aromatic heterocycles. The quantitative estimate of drug-likeness (QED) is 0.395. The Morgan fingerprint density at radius 1 is 1.19 bits per heavy atom. The molecule has 4 fully saturated rings. The molecule has 1 heterocycles. The van der Waals surface area contributed by atoms with E-state index >= 15 is 0 Å². The molecule has 0 amide bonds. The number of nitrogens with zero attached hydrogens (tertiary/aromatic N) is 3. The van der Waals surface area contributed by atoms with E-state index in [0.29, 0.717) is 5.22 Å². The highest BCUT2D eigenvalue weighted by molar-refractivity contribution is 7.99. The highest BCUT2D eigenvalue weighted by Crippen LogP contribution is 2.60. The third-order valence-electron chi connectivity index (χ3n) is 6.73. The SMILES string of the molecule is C[C@H](Sc1nnc(C23CC4CC(CC(C4)C2)C3)o1)c1cccc([N+](=O)[O-])c1. The van der Waals surface area contributed by atoms with Gasteiger partial charge in [-0.05, 0) is 68.8 Å². The molecule has 0 saturated heterocycles. The van der Waals surface area contributed by atoms with Crippen LogP contribution in [0.15, 0.2) is 33.9 Å². The molecule has 0 radical (unpaired) electrons. The number of nitro groups is 1. The van der Waals surface area contributed by atoms with Crippen LogP contribution in [0.1, 0.15) is 62.2 Å². The minimum Gasteiger partial charge on any atom is -0.415 e. The second-order valence-corrected chi connectivity index (χ2v) is 9.98. The van der Waals surface area contributed by atoms with Crippen LogP contribution < -0.4 is 0 Å². The van der Waals surface area contributed by atoms with Gasteiger partial charge in [-0.15, -0.1) is 10.2 Å². The van der Waals surface area contributed by atoms with Gasteiger partial charge in [0, 0.05) is 22.8 Å². The maximum Gasteiger partial charge on any atom is 0.277 e. The van der Waals surface area contributed by atoms with E-state index in [-0.39, 0.29) is 21.3 Å². The third-order valence-corrected chi connectivity index (χ3v) is 7.72. The molecule has 0 N–H and O–H groups in total. The van der Waals surface area contributed by atoms with E-state index in [0.717, 1.165) is 29.2 Å². The normalized spacial score (nSPS) is 32.6. The zero-order chi connectivity index (χ0) is 18.6. The minimum atomic E-state index is -0.362. The number of thioether (sulfide) groups is 1. The lowest BCUT2D eigenvalue weighted by molar-refractivity contribution is -0.384. The fraction of sp³-hybridized carbons (Fsp3) is 0.600. The van der Waals surface area contributed by atoms with Gasteiger partial charge >= 0.3 is 0 Å². The molecule has 6 nitrogen and oxygen atoms in total. The molecule has 4 aliphatic carbocycles. The second kappa shape index (κ2) is 6.33. The largest absolute Gasteiger partial charge is 0.415 e. The van der Waals surface area contributed by atoms with E-state index in [9.17, 15) is 10.1 Å². The Morgan fingerprint density at radius 2 is 1.85 bits per heavy atom. The molecule has 0 spiro atoms. The van der Waals surface area contributed by atoms with Crippen LogP contribution in [0.5, 0.6) is 0 Å². The first kappa shape index (κ1) is 17.2. The molecule has 4 bridgehead atoms. The molecule has 0 unspecified atom stereocenters. The lowest BCUT2D eigenvalue weighted by Crippen LogP contribution is -2.48. The summed E-state index contributed by atoms with van der Waals surface area (Å²) >= 11 is 1.48. The lowest BCUT2D eigenvalue weighted by Gasteiger charge is -2.55. The molecule has 142 valence electrons. The molecular formula is C20H23N3O3S. The van der Waals surface area contributed by atoms with Crippen molar-refractivity contribution < 1.29 is 9.34 Å². The molecule has 1 aromatic carbocycles. The van der Waals surface area contributed by atoms with Gasteiger partial charge < -0.3 is 4.42 Å². The number of benzene rings is 1. The number of rotatable bonds is 5. The average molecular weight is 385 g/mol. The monoisotopic (exact) mass is 385 g/mol. The van der Waals surface area contributed by atoms with Crippen molar-refractivity contribution in [1.82, 2.24) is 10.2 Å². The van der Waals surface area contributed by atoms with Gasteiger partial charge in [0.05, 0.1) is 4.92 Å². The number of hydrogen-bond donors (Lipinski definition) is 0. The highest BCUT2D eigenvalue weighted by atomic mass is 32.2. The number of non-ortho nitro benzene ring substituents is 1. The third kappa shape index (κ3) is 3.06. The van der Waals surface area contributed by atoms with Crippen molar-refractivity contribution in [2.75, 3.05) is 0 Å². The summed E-state index contributed by atoms with van der Waals surface area (Å²) in [5, 5.41) is 20.3. The van der Waals surface area contributed by atoms with Crippen LogP contribution in [0.4, 0.5) is 5.69 Å². The van der Waals surface area contributed by atoms with Crippen molar-refractivity contribution in [3.63, 3.8) is 0 Å². The van der Waals surface area contributed by atoms with Crippen molar-refractivity contribution in [2.45, 2.75) is 61.3 Å². The van der Waals surface area contributed by atoms with E-state index in [4.69, 9.17) is 4.42 Å². The molecule has 0 aliphatic heterocycles. The molecule has 1 atom stereocenters. The van der Waals surface area contributed by atoms with Crippen molar-refractivity contribution in [3.8, 4) is 0 Å². The first-order chi connectivity index (χ1) is 13.0. The smallest absolute Gasteiger partial charge is 0.277 e. The maximum absolute atomic E-state index is 11.0. The topological polar surface area (TPSA) is 82.1 Å². The Bertz CT molecular complexity index is 846. The van der Waals surface area contributed by atoms with E-state index in [1.165, 1.54) is 56.4 Å². The zero-order valence-corrected chi connectivity index (χ0v) is 16.2. The standard InChI is InChI=1S/C20H23N3O3S/c1-12(16-3-2-4-17(8-16)23(24)25)27-19-22-21-18(26-19)20-9-13-5-14(10-20)7-15(6-13)11-20/h2-4,8,12-15H,5-7,9-11H2,1H3/t12-,13?,14?,15?,20?/m0/s1.